The van der Waals surface area contributed by atoms with Gasteiger partial charge < -0.3 is 0 Å². The number of hydrogen-bond donors (Lipinski definition) is 0. The summed E-state index contributed by atoms with van der Waals surface area (Å²) in [6, 6.07) is 5.20. The standard InChI is InChI=1S/C17H23N5O4S/c1-3-20-13-15(14(2)18-20)12-19-7-9-21(10-8-19)27(25,26)17-6-4-5-16(11-17)22(23)24/h4-6,11,13H,3,7-10,12H2,1-2H3. The quantitative estimate of drug-likeness (QED) is 0.546. The van der Waals surface area contributed by atoms with E-state index in [1.165, 1.54) is 22.5 Å². The number of piperazine rings is 1. The maximum atomic E-state index is 12.8. The molecule has 146 valence electrons. The van der Waals surface area contributed by atoms with Crippen LogP contribution in [-0.4, -0.2) is 58.5 Å². The van der Waals surface area contributed by atoms with Crippen LogP contribution in [0.1, 0.15) is 18.2 Å². The Morgan fingerprint density at radius 2 is 1.93 bits per heavy atom. The van der Waals surface area contributed by atoms with E-state index in [0.717, 1.165) is 30.4 Å². The van der Waals surface area contributed by atoms with E-state index in [1.54, 1.807) is 0 Å². The van der Waals surface area contributed by atoms with Crippen LogP contribution in [0.2, 0.25) is 0 Å². The number of aryl methyl sites for hydroxylation is 2. The van der Waals surface area contributed by atoms with Crippen LogP contribution in [0.4, 0.5) is 5.69 Å². The van der Waals surface area contributed by atoms with Crippen molar-refractivity contribution in [2.24, 2.45) is 0 Å². The molecule has 0 amide bonds. The predicted octanol–water partition coefficient (Wildman–Crippen LogP) is 1.63. The van der Waals surface area contributed by atoms with Crippen molar-refractivity contribution >= 4 is 15.7 Å². The summed E-state index contributed by atoms with van der Waals surface area (Å²) in [7, 11) is -3.74. The van der Waals surface area contributed by atoms with Gasteiger partial charge in [-0.05, 0) is 19.9 Å². The zero-order valence-corrected chi connectivity index (χ0v) is 16.2. The predicted molar refractivity (Wildman–Crippen MR) is 99.8 cm³/mol. The smallest absolute Gasteiger partial charge is 0.270 e. The molecule has 10 heteroatoms. The zero-order valence-electron chi connectivity index (χ0n) is 15.4. The van der Waals surface area contributed by atoms with Gasteiger partial charge in [-0.25, -0.2) is 8.42 Å². The second-order valence-corrected chi connectivity index (χ2v) is 8.47. The molecule has 0 unspecified atom stereocenters. The minimum Gasteiger partial charge on any atom is -0.296 e. The lowest BCUT2D eigenvalue weighted by molar-refractivity contribution is -0.385. The Kier molecular flexibility index (Phi) is 5.59. The van der Waals surface area contributed by atoms with E-state index >= 15 is 0 Å². The summed E-state index contributed by atoms with van der Waals surface area (Å²) in [5, 5.41) is 15.3. The van der Waals surface area contributed by atoms with Crippen LogP contribution < -0.4 is 0 Å². The lowest BCUT2D eigenvalue weighted by Crippen LogP contribution is -2.48. The van der Waals surface area contributed by atoms with Gasteiger partial charge in [-0.2, -0.15) is 9.40 Å². The SMILES string of the molecule is CCn1cc(CN2CCN(S(=O)(=O)c3cccc([N+](=O)[O-])c3)CC2)c(C)n1. The van der Waals surface area contributed by atoms with Crippen molar-refractivity contribution in [1.82, 2.24) is 19.0 Å². The van der Waals surface area contributed by atoms with E-state index in [4.69, 9.17) is 0 Å². The largest absolute Gasteiger partial charge is 0.296 e. The van der Waals surface area contributed by atoms with Crippen LogP contribution in [0.15, 0.2) is 35.4 Å². The third kappa shape index (κ3) is 4.18. The van der Waals surface area contributed by atoms with Crippen molar-refractivity contribution in [3.63, 3.8) is 0 Å². The van der Waals surface area contributed by atoms with Gasteiger partial charge in [-0.15, -0.1) is 0 Å². The molecule has 0 aliphatic carbocycles. The summed E-state index contributed by atoms with van der Waals surface area (Å²) >= 11 is 0. The van der Waals surface area contributed by atoms with Crippen LogP contribution >= 0.6 is 0 Å². The van der Waals surface area contributed by atoms with Crippen LogP contribution in [0.25, 0.3) is 0 Å². The molecule has 0 atom stereocenters. The first-order valence-electron chi connectivity index (χ1n) is 8.81. The molecule has 0 radical (unpaired) electrons. The van der Waals surface area contributed by atoms with Gasteiger partial charge in [0.25, 0.3) is 5.69 Å². The van der Waals surface area contributed by atoms with Crippen molar-refractivity contribution in [2.75, 3.05) is 26.2 Å². The van der Waals surface area contributed by atoms with Gasteiger partial charge >= 0.3 is 0 Å². The molecule has 0 spiro atoms. The summed E-state index contributed by atoms with van der Waals surface area (Å²) in [4.78, 5) is 12.5. The summed E-state index contributed by atoms with van der Waals surface area (Å²) < 4.78 is 28.9. The van der Waals surface area contributed by atoms with E-state index in [-0.39, 0.29) is 10.6 Å². The normalized spacial score (nSPS) is 16.5. The van der Waals surface area contributed by atoms with Gasteiger partial charge in [0.05, 0.1) is 15.5 Å². The fraction of sp³-hybridized carbons (Fsp3) is 0.471. The molecule has 9 nitrogen and oxygen atoms in total. The Morgan fingerprint density at radius 1 is 1.22 bits per heavy atom. The maximum Gasteiger partial charge on any atom is 0.270 e. The van der Waals surface area contributed by atoms with E-state index in [2.05, 4.69) is 10.00 Å². The first kappa shape index (κ1) is 19.5. The molecule has 1 aliphatic rings. The van der Waals surface area contributed by atoms with Gasteiger partial charge in [-0.1, -0.05) is 6.07 Å². The van der Waals surface area contributed by atoms with Crippen LogP contribution in [0, 0.1) is 17.0 Å². The molecule has 0 saturated carbocycles. The molecule has 2 aromatic rings. The number of sulfonamides is 1. The zero-order chi connectivity index (χ0) is 19.6. The third-order valence-corrected chi connectivity index (χ3v) is 6.66. The van der Waals surface area contributed by atoms with E-state index < -0.39 is 14.9 Å². The Hall–Kier alpha value is -2.30. The van der Waals surface area contributed by atoms with Crippen molar-refractivity contribution in [2.45, 2.75) is 31.8 Å². The van der Waals surface area contributed by atoms with Crippen LogP contribution in [0.3, 0.4) is 0 Å². The number of benzene rings is 1. The van der Waals surface area contributed by atoms with Gasteiger partial charge in [-0.3, -0.25) is 19.7 Å². The highest BCUT2D eigenvalue weighted by atomic mass is 32.2. The number of hydrogen-bond acceptors (Lipinski definition) is 6. The molecule has 1 aromatic carbocycles. The Morgan fingerprint density at radius 3 is 2.52 bits per heavy atom. The number of aromatic nitrogens is 2. The maximum absolute atomic E-state index is 12.8. The monoisotopic (exact) mass is 393 g/mol. The van der Waals surface area contributed by atoms with Crippen molar-refractivity contribution in [3.05, 3.63) is 51.8 Å². The van der Waals surface area contributed by atoms with Crippen molar-refractivity contribution < 1.29 is 13.3 Å². The molecule has 0 bridgehead atoms. The van der Waals surface area contributed by atoms with Gasteiger partial charge in [0.1, 0.15) is 0 Å². The lowest BCUT2D eigenvalue weighted by Gasteiger charge is -2.33. The molecule has 3 rings (SSSR count). The molecule has 1 aliphatic heterocycles. The average Bonchev–Trinajstić information content (AvgIpc) is 3.02. The summed E-state index contributed by atoms with van der Waals surface area (Å²) in [6.07, 6.45) is 2.03. The molecule has 1 fully saturated rings. The summed E-state index contributed by atoms with van der Waals surface area (Å²) in [5.41, 5.74) is 1.91. The Bertz CT molecular complexity index is 933. The number of rotatable bonds is 6. The van der Waals surface area contributed by atoms with Gasteiger partial charge in [0.15, 0.2) is 0 Å². The molecule has 1 aromatic heterocycles. The number of nitrogens with zero attached hydrogens (tertiary/aromatic N) is 5. The highest BCUT2D eigenvalue weighted by molar-refractivity contribution is 7.89. The Labute approximate surface area is 158 Å². The molecular formula is C17H23N5O4S. The molecule has 27 heavy (non-hydrogen) atoms. The number of non-ortho nitro benzene ring substituents is 1. The summed E-state index contributed by atoms with van der Waals surface area (Å²) in [6.45, 7) is 7.47. The molecule has 1 saturated heterocycles. The first-order chi connectivity index (χ1) is 12.8. The fourth-order valence-electron chi connectivity index (χ4n) is 3.15. The van der Waals surface area contributed by atoms with E-state index in [9.17, 15) is 18.5 Å². The minimum atomic E-state index is -3.74. The molecule has 0 N–H and O–H groups in total. The minimum absolute atomic E-state index is 0.0368. The third-order valence-electron chi connectivity index (χ3n) is 4.76. The first-order valence-corrected chi connectivity index (χ1v) is 10.2. The second kappa shape index (κ2) is 7.75. The van der Waals surface area contributed by atoms with E-state index in [1.807, 2.05) is 24.7 Å². The van der Waals surface area contributed by atoms with Crippen molar-refractivity contribution in [1.29, 1.82) is 0 Å². The Balaban J connectivity index is 1.66. The van der Waals surface area contributed by atoms with Gasteiger partial charge in [0, 0.05) is 63.2 Å². The lowest BCUT2D eigenvalue weighted by atomic mass is 10.2. The van der Waals surface area contributed by atoms with E-state index in [0.29, 0.717) is 26.2 Å². The van der Waals surface area contributed by atoms with Crippen LogP contribution in [-0.2, 0) is 23.1 Å². The highest BCUT2D eigenvalue weighted by Gasteiger charge is 2.29. The average molecular weight is 393 g/mol. The van der Waals surface area contributed by atoms with Crippen LogP contribution in [0.5, 0.6) is 0 Å². The number of nitro groups is 1. The number of nitro benzene ring substituents is 1. The summed E-state index contributed by atoms with van der Waals surface area (Å²) in [5.74, 6) is 0. The van der Waals surface area contributed by atoms with Gasteiger partial charge in [0.2, 0.25) is 10.0 Å². The topological polar surface area (TPSA) is 102 Å². The second-order valence-electron chi connectivity index (χ2n) is 6.53. The molecule has 2 heterocycles. The highest BCUT2D eigenvalue weighted by Crippen LogP contribution is 2.22. The molecular weight excluding hydrogens is 370 g/mol. The van der Waals surface area contributed by atoms with Crippen molar-refractivity contribution in [3.8, 4) is 0 Å². The fourth-order valence-corrected chi connectivity index (χ4v) is 4.61.